The van der Waals surface area contributed by atoms with Crippen LogP contribution in [-0.2, 0) is 30.0 Å². The molecule has 0 spiro atoms. The van der Waals surface area contributed by atoms with Gasteiger partial charge in [-0.15, -0.1) is 0 Å². The second-order valence-corrected chi connectivity index (χ2v) is 17.7. The van der Waals surface area contributed by atoms with E-state index in [0.717, 1.165) is 16.0 Å². The SMILES string of the molecule is CC(C)(C)[Si](C)(C)OC1[C@@H](OCc2ccccc2)[C@H]2OC(c3ccccc3)OCC2O[C@H]1Sc1ccccc1. The maximum Gasteiger partial charge on any atom is 0.192 e. The summed E-state index contributed by atoms with van der Waals surface area (Å²) in [5.74, 6) is 0. The first-order chi connectivity index (χ1) is 18.7. The monoisotopic (exact) mass is 564 g/mol. The zero-order valence-corrected chi connectivity index (χ0v) is 25.3. The summed E-state index contributed by atoms with van der Waals surface area (Å²) in [6, 6.07) is 30.7. The van der Waals surface area contributed by atoms with E-state index in [1.165, 1.54) is 0 Å². The van der Waals surface area contributed by atoms with Crippen LogP contribution in [0.1, 0.15) is 38.2 Å². The summed E-state index contributed by atoms with van der Waals surface area (Å²) in [5.41, 5.74) is 1.83. The average Bonchev–Trinajstić information content (AvgIpc) is 2.93. The van der Waals surface area contributed by atoms with E-state index in [4.69, 9.17) is 23.4 Å². The lowest BCUT2D eigenvalue weighted by Crippen LogP contribution is -2.64. The Kier molecular flexibility index (Phi) is 8.98. The highest BCUT2D eigenvalue weighted by Gasteiger charge is 2.54. The predicted molar refractivity (Wildman–Crippen MR) is 158 cm³/mol. The molecular weight excluding hydrogens is 525 g/mol. The first-order valence-electron chi connectivity index (χ1n) is 13.7. The molecule has 2 heterocycles. The third-order valence-electron chi connectivity index (χ3n) is 7.87. The molecule has 39 heavy (non-hydrogen) atoms. The summed E-state index contributed by atoms with van der Waals surface area (Å²) in [6.45, 7) is 12.3. The molecule has 0 saturated carbocycles. The van der Waals surface area contributed by atoms with Crippen LogP contribution in [0, 0.1) is 0 Å². The summed E-state index contributed by atoms with van der Waals surface area (Å²) >= 11 is 1.69. The molecule has 7 heteroatoms. The Morgan fingerprint density at radius 3 is 2.08 bits per heavy atom. The second kappa shape index (κ2) is 12.3. The van der Waals surface area contributed by atoms with Gasteiger partial charge in [-0.05, 0) is 35.8 Å². The highest BCUT2D eigenvalue weighted by atomic mass is 32.2. The molecule has 6 atom stereocenters. The zero-order valence-electron chi connectivity index (χ0n) is 23.5. The first-order valence-corrected chi connectivity index (χ1v) is 17.5. The topological polar surface area (TPSA) is 46.2 Å². The van der Waals surface area contributed by atoms with Crippen LogP contribution in [0.15, 0.2) is 95.9 Å². The van der Waals surface area contributed by atoms with Gasteiger partial charge in [0.2, 0.25) is 0 Å². The van der Waals surface area contributed by atoms with Crippen LogP contribution in [0.4, 0.5) is 0 Å². The molecule has 3 aromatic carbocycles. The van der Waals surface area contributed by atoms with E-state index in [1.54, 1.807) is 11.8 Å². The Balaban J connectivity index is 1.49. The molecule has 0 N–H and O–H groups in total. The summed E-state index contributed by atoms with van der Waals surface area (Å²) in [6.07, 6.45) is -1.75. The molecule has 0 bridgehead atoms. The third kappa shape index (κ3) is 6.85. The molecule has 0 aromatic heterocycles. The summed E-state index contributed by atoms with van der Waals surface area (Å²) in [7, 11) is -2.20. The average molecular weight is 565 g/mol. The van der Waals surface area contributed by atoms with Crippen molar-refractivity contribution < 1.29 is 23.4 Å². The lowest BCUT2D eigenvalue weighted by atomic mass is 9.98. The number of fused-ring (bicyclic) bond motifs is 1. The van der Waals surface area contributed by atoms with E-state index < -0.39 is 14.6 Å². The van der Waals surface area contributed by atoms with Crippen LogP contribution in [-0.4, -0.2) is 44.8 Å². The predicted octanol–water partition coefficient (Wildman–Crippen LogP) is 7.59. The molecule has 0 aliphatic carbocycles. The van der Waals surface area contributed by atoms with Crippen molar-refractivity contribution in [1.82, 2.24) is 0 Å². The van der Waals surface area contributed by atoms with Gasteiger partial charge in [0.1, 0.15) is 29.9 Å². The molecule has 5 nitrogen and oxygen atoms in total. The van der Waals surface area contributed by atoms with Crippen molar-refractivity contribution in [1.29, 1.82) is 0 Å². The van der Waals surface area contributed by atoms with Crippen molar-refractivity contribution in [2.75, 3.05) is 6.61 Å². The van der Waals surface area contributed by atoms with Crippen molar-refractivity contribution in [2.45, 2.75) is 86.5 Å². The van der Waals surface area contributed by atoms with E-state index in [9.17, 15) is 0 Å². The van der Waals surface area contributed by atoms with Gasteiger partial charge in [0, 0.05) is 10.5 Å². The molecule has 208 valence electrons. The van der Waals surface area contributed by atoms with Gasteiger partial charge in [0.25, 0.3) is 0 Å². The Hall–Kier alpha value is -1.97. The lowest BCUT2D eigenvalue weighted by Gasteiger charge is -2.51. The molecule has 0 radical (unpaired) electrons. The Morgan fingerprint density at radius 1 is 0.821 bits per heavy atom. The number of thioether (sulfide) groups is 1. The van der Waals surface area contributed by atoms with Crippen LogP contribution in [0.3, 0.4) is 0 Å². The molecule has 0 amide bonds. The maximum absolute atomic E-state index is 7.17. The molecule has 2 saturated heterocycles. The number of rotatable bonds is 8. The van der Waals surface area contributed by atoms with Gasteiger partial charge < -0.3 is 23.4 Å². The fourth-order valence-electron chi connectivity index (χ4n) is 4.65. The molecule has 5 rings (SSSR count). The largest absolute Gasteiger partial charge is 0.408 e. The highest BCUT2D eigenvalue weighted by molar-refractivity contribution is 7.99. The molecule has 2 fully saturated rings. The van der Waals surface area contributed by atoms with Crippen LogP contribution in [0.25, 0.3) is 0 Å². The van der Waals surface area contributed by atoms with Crippen molar-refractivity contribution in [2.24, 2.45) is 0 Å². The van der Waals surface area contributed by atoms with Gasteiger partial charge >= 0.3 is 0 Å². The van der Waals surface area contributed by atoms with E-state index in [1.807, 2.05) is 54.6 Å². The molecule has 3 aromatic rings. The lowest BCUT2D eigenvalue weighted by molar-refractivity contribution is -0.323. The summed E-state index contributed by atoms with van der Waals surface area (Å²) < 4.78 is 33.6. The van der Waals surface area contributed by atoms with E-state index in [2.05, 4.69) is 70.3 Å². The van der Waals surface area contributed by atoms with E-state index in [-0.39, 0.29) is 34.9 Å². The fourth-order valence-corrected chi connectivity index (χ4v) is 7.17. The van der Waals surface area contributed by atoms with Crippen molar-refractivity contribution >= 4 is 20.1 Å². The van der Waals surface area contributed by atoms with E-state index in [0.29, 0.717) is 13.2 Å². The van der Waals surface area contributed by atoms with Gasteiger partial charge in [0.05, 0.1) is 13.2 Å². The number of ether oxygens (including phenoxy) is 4. The normalized spacial score (nSPS) is 27.6. The van der Waals surface area contributed by atoms with Gasteiger partial charge in [-0.2, -0.15) is 0 Å². The number of benzene rings is 3. The quantitative estimate of drug-likeness (QED) is 0.263. The Bertz CT molecular complexity index is 1170. The van der Waals surface area contributed by atoms with Crippen LogP contribution in [0.5, 0.6) is 0 Å². The van der Waals surface area contributed by atoms with Crippen LogP contribution in [0.2, 0.25) is 18.1 Å². The minimum Gasteiger partial charge on any atom is -0.408 e. The van der Waals surface area contributed by atoms with Gasteiger partial charge in [-0.25, -0.2) is 0 Å². The maximum atomic E-state index is 7.17. The van der Waals surface area contributed by atoms with Crippen LogP contribution >= 0.6 is 11.8 Å². The van der Waals surface area contributed by atoms with Crippen molar-refractivity contribution in [3.8, 4) is 0 Å². The van der Waals surface area contributed by atoms with Gasteiger partial charge in [0.15, 0.2) is 14.6 Å². The molecule has 3 unspecified atom stereocenters. The zero-order chi connectivity index (χ0) is 27.5. The summed E-state index contributed by atoms with van der Waals surface area (Å²) in [5, 5.41) is 0.0267. The number of hydrogen-bond acceptors (Lipinski definition) is 6. The van der Waals surface area contributed by atoms with Gasteiger partial charge in [-0.1, -0.05) is 111 Å². The standard InChI is InChI=1S/C32H40O5SSi/c1-32(2,3)39(4,5)37-29-28(33-21-23-15-9-6-10-16-23)27-26(35-31(29)38-25-19-13-8-14-20-25)22-34-30(36-27)24-17-11-7-12-18-24/h6-20,26-31H,21-22H2,1-5H3/t26?,27-,28-,29?,30?,31-/m0/s1. The minimum absolute atomic E-state index is 0.0267. The number of hydrogen-bond donors (Lipinski definition) is 0. The smallest absolute Gasteiger partial charge is 0.192 e. The molecule has 2 aliphatic heterocycles. The summed E-state index contributed by atoms with van der Waals surface area (Å²) in [4.78, 5) is 1.13. The fraction of sp³-hybridized carbons (Fsp3) is 0.438. The highest BCUT2D eigenvalue weighted by Crippen LogP contribution is 2.45. The van der Waals surface area contributed by atoms with Crippen molar-refractivity contribution in [3.63, 3.8) is 0 Å². The van der Waals surface area contributed by atoms with Crippen LogP contribution < -0.4 is 0 Å². The molecule has 2 aliphatic rings. The Labute approximate surface area is 238 Å². The van der Waals surface area contributed by atoms with Gasteiger partial charge in [-0.3, -0.25) is 0 Å². The minimum atomic E-state index is -2.20. The molecular formula is C32H40O5SSi. The first kappa shape index (κ1) is 28.6. The third-order valence-corrected chi connectivity index (χ3v) is 13.5. The van der Waals surface area contributed by atoms with E-state index >= 15 is 0 Å². The van der Waals surface area contributed by atoms with Crippen molar-refractivity contribution in [3.05, 3.63) is 102 Å². The second-order valence-electron chi connectivity index (χ2n) is 11.8. The Morgan fingerprint density at radius 2 is 1.44 bits per heavy atom.